The van der Waals surface area contributed by atoms with Crippen LogP contribution in [0.3, 0.4) is 0 Å². The number of carboxylic acid groups (broad SMARTS) is 1. The number of hydrogen-bond acceptors (Lipinski definition) is 4. The van der Waals surface area contributed by atoms with Gasteiger partial charge in [0.25, 0.3) is 5.91 Å². The Kier molecular flexibility index (Phi) is 4.37. The summed E-state index contributed by atoms with van der Waals surface area (Å²) in [6, 6.07) is 14.4. The molecule has 1 unspecified atom stereocenters. The van der Waals surface area contributed by atoms with Crippen molar-refractivity contribution in [2.75, 3.05) is 17.2 Å². The molecule has 3 N–H and O–H groups in total. The van der Waals surface area contributed by atoms with Crippen molar-refractivity contribution in [1.29, 1.82) is 0 Å². The van der Waals surface area contributed by atoms with Crippen molar-refractivity contribution in [1.82, 2.24) is 0 Å². The van der Waals surface area contributed by atoms with E-state index < -0.39 is 12.1 Å². The maximum Gasteiger partial charge on any atom is 0.305 e. The molecule has 0 radical (unpaired) electrons. The molecule has 1 aliphatic rings. The molecule has 0 fully saturated rings. The molecule has 0 saturated carbocycles. The van der Waals surface area contributed by atoms with Crippen LogP contribution < -0.4 is 15.4 Å². The molecule has 0 bridgehead atoms. The van der Waals surface area contributed by atoms with Crippen LogP contribution in [0.2, 0.25) is 0 Å². The third-order valence-corrected chi connectivity index (χ3v) is 3.92. The number of hydrogen-bond donors (Lipinski definition) is 2. The van der Waals surface area contributed by atoms with Gasteiger partial charge in [0.05, 0.1) is 12.1 Å². The Hall–Kier alpha value is -3.02. The van der Waals surface area contributed by atoms with Crippen LogP contribution in [0, 0.1) is 0 Å². The smallest absolute Gasteiger partial charge is 0.305 e. The van der Waals surface area contributed by atoms with Crippen molar-refractivity contribution >= 4 is 23.3 Å². The fraction of sp³-hybridized carbons (Fsp3) is 0.222. The molecule has 6 heteroatoms. The van der Waals surface area contributed by atoms with Crippen molar-refractivity contribution in [3.63, 3.8) is 0 Å². The van der Waals surface area contributed by atoms with E-state index in [-0.39, 0.29) is 18.9 Å². The van der Waals surface area contributed by atoms with Crippen LogP contribution in [0.15, 0.2) is 48.5 Å². The number of anilines is 2. The highest BCUT2D eigenvalue weighted by Gasteiger charge is 2.34. The average molecular weight is 326 g/mol. The number of rotatable bonds is 5. The van der Waals surface area contributed by atoms with Crippen molar-refractivity contribution in [3.8, 4) is 5.75 Å². The third-order valence-electron chi connectivity index (χ3n) is 3.92. The summed E-state index contributed by atoms with van der Waals surface area (Å²) in [6.45, 7) is 0.118. The van der Waals surface area contributed by atoms with E-state index in [1.54, 1.807) is 30.3 Å². The van der Waals surface area contributed by atoms with Crippen LogP contribution in [0.5, 0.6) is 5.75 Å². The zero-order valence-corrected chi connectivity index (χ0v) is 13.0. The van der Waals surface area contributed by atoms with Gasteiger partial charge in [0, 0.05) is 18.7 Å². The number of carbonyl (C=O) groups is 2. The monoisotopic (exact) mass is 326 g/mol. The Morgan fingerprint density at radius 2 is 1.88 bits per heavy atom. The van der Waals surface area contributed by atoms with E-state index in [1.807, 2.05) is 18.2 Å². The average Bonchev–Trinajstić information content (AvgIpc) is 2.57. The summed E-state index contributed by atoms with van der Waals surface area (Å²) in [5.41, 5.74) is 7.87. The summed E-state index contributed by atoms with van der Waals surface area (Å²) in [4.78, 5) is 25.1. The molecule has 0 aromatic heterocycles. The van der Waals surface area contributed by atoms with Gasteiger partial charge in [-0.25, -0.2) is 0 Å². The Morgan fingerprint density at radius 3 is 2.58 bits per heavy atom. The molecular weight excluding hydrogens is 308 g/mol. The molecule has 0 spiro atoms. The molecule has 1 amide bonds. The second-order valence-corrected chi connectivity index (χ2v) is 5.65. The number of carbonyl (C=O) groups excluding carboxylic acids is 1. The number of nitrogen functional groups attached to an aromatic ring is 1. The summed E-state index contributed by atoms with van der Waals surface area (Å²) in [6.07, 6.45) is -0.400. The lowest BCUT2D eigenvalue weighted by Gasteiger charge is -2.34. The fourth-order valence-electron chi connectivity index (χ4n) is 2.71. The maximum absolute atomic E-state index is 12.8. The largest absolute Gasteiger partial charge is 0.481 e. The van der Waals surface area contributed by atoms with Crippen molar-refractivity contribution < 1.29 is 19.4 Å². The summed E-state index contributed by atoms with van der Waals surface area (Å²) in [5.74, 6) is -0.587. The number of benzene rings is 2. The molecule has 0 saturated heterocycles. The van der Waals surface area contributed by atoms with Gasteiger partial charge in [0.2, 0.25) is 0 Å². The Bertz CT molecular complexity index is 758. The topological polar surface area (TPSA) is 92.9 Å². The van der Waals surface area contributed by atoms with E-state index in [0.717, 1.165) is 5.56 Å². The highest BCUT2D eigenvalue weighted by Crippen LogP contribution is 2.34. The quantitative estimate of drug-likeness (QED) is 0.821. The standard InChI is InChI=1S/C18H18N2O4/c19-13-7-5-12(6-8-13)11-16-18(23)20(10-9-17(21)22)14-3-1-2-4-15(14)24-16/h1-8,16H,9-11,19H2,(H,21,22). The van der Waals surface area contributed by atoms with Crippen molar-refractivity contribution in [3.05, 3.63) is 54.1 Å². The number of para-hydroxylation sites is 2. The first-order valence-corrected chi connectivity index (χ1v) is 7.68. The van der Waals surface area contributed by atoms with E-state index in [2.05, 4.69) is 0 Å². The number of aliphatic carboxylic acids is 1. The van der Waals surface area contributed by atoms with Gasteiger partial charge in [-0.05, 0) is 29.8 Å². The number of fused-ring (bicyclic) bond motifs is 1. The molecule has 1 aliphatic heterocycles. The minimum atomic E-state index is -0.943. The van der Waals surface area contributed by atoms with E-state index >= 15 is 0 Å². The Balaban J connectivity index is 1.85. The summed E-state index contributed by atoms with van der Waals surface area (Å²) in [5, 5.41) is 8.92. The van der Waals surface area contributed by atoms with Crippen molar-refractivity contribution in [2.45, 2.75) is 18.9 Å². The second kappa shape index (κ2) is 6.62. The number of ether oxygens (including phenoxy) is 1. The minimum Gasteiger partial charge on any atom is -0.481 e. The molecule has 1 atom stereocenters. The highest BCUT2D eigenvalue weighted by molar-refractivity contribution is 6.00. The van der Waals surface area contributed by atoms with Gasteiger partial charge in [-0.2, -0.15) is 0 Å². The van der Waals surface area contributed by atoms with E-state index in [0.29, 0.717) is 23.5 Å². The number of carboxylic acids is 1. The number of nitrogens with zero attached hydrogens (tertiary/aromatic N) is 1. The van der Waals surface area contributed by atoms with Crippen LogP contribution in [-0.4, -0.2) is 29.6 Å². The molecular formula is C18H18N2O4. The zero-order chi connectivity index (χ0) is 17.1. The van der Waals surface area contributed by atoms with Crippen molar-refractivity contribution in [2.24, 2.45) is 0 Å². The molecule has 124 valence electrons. The number of nitrogens with two attached hydrogens (primary N) is 1. The maximum atomic E-state index is 12.8. The first-order chi connectivity index (χ1) is 11.5. The second-order valence-electron chi connectivity index (χ2n) is 5.65. The highest BCUT2D eigenvalue weighted by atomic mass is 16.5. The summed E-state index contributed by atoms with van der Waals surface area (Å²) < 4.78 is 5.85. The predicted molar refractivity (Wildman–Crippen MR) is 90.0 cm³/mol. The lowest BCUT2D eigenvalue weighted by atomic mass is 10.0. The molecule has 0 aliphatic carbocycles. The predicted octanol–water partition coefficient (Wildman–Crippen LogP) is 2.08. The molecule has 2 aromatic rings. The normalized spacial score (nSPS) is 16.4. The molecule has 6 nitrogen and oxygen atoms in total. The van der Waals surface area contributed by atoms with Gasteiger partial charge >= 0.3 is 5.97 Å². The van der Waals surface area contributed by atoms with Crippen LogP contribution in [0.25, 0.3) is 0 Å². The van der Waals surface area contributed by atoms with Gasteiger partial charge in [0.15, 0.2) is 6.10 Å². The molecule has 24 heavy (non-hydrogen) atoms. The van der Waals surface area contributed by atoms with Gasteiger partial charge < -0.3 is 20.5 Å². The molecule has 1 heterocycles. The summed E-state index contributed by atoms with van der Waals surface area (Å²) >= 11 is 0. The molecule has 3 rings (SSSR count). The van der Waals surface area contributed by atoms with Gasteiger partial charge in [-0.15, -0.1) is 0 Å². The Morgan fingerprint density at radius 1 is 1.17 bits per heavy atom. The fourth-order valence-corrected chi connectivity index (χ4v) is 2.71. The van der Waals surface area contributed by atoms with Crippen LogP contribution in [0.1, 0.15) is 12.0 Å². The van der Waals surface area contributed by atoms with Gasteiger partial charge in [-0.1, -0.05) is 24.3 Å². The van der Waals surface area contributed by atoms with Gasteiger partial charge in [-0.3, -0.25) is 9.59 Å². The van der Waals surface area contributed by atoms with Gasteiger partial charge in [0.1, 0.15) is 5.75 Å². The van der Waals surface area contributed by atoms with Crippen LogP contribution >= 0.6 is 0 Å². The lowest BCUT2D eigenvalue weighted by molar-refractivity contribution is -0.136. The molecule has 2 aromatic carbocycles. The SMILES string of the molecule is Nc1ccc(CC2Oc3ccccc3N(CCC(=O)O)C2=O)cc1. The Labute approximate surface area is 139 Å². The number of amides is 1. The zero-order valence-electron chi connectivity index (χ0n) is 13.0. The third kappa shape index (κ3) is 3.32. The first kappa shape index (κ1) is 15.9. The lowest BCUT2D eigenvalue weighted by Crippen LogP contribution is -2.47. The minimum absolute atomic E-state index is 0.116. The van der Waals surface area contributed by atoms with E-state index in [4.69, 9.17) is 15.6 Å². The summed E-state index contributed by atoms with van der Waals surface area (Å²) in [7, 11) is 0. The van der Waals surface area contributed by atoms with E-state index in [9.17, 15) is 9.59 Å². The van der Waals surface area contributed by atoms with Crippen LogP contribution in [-0.2, 0) is 16.0 Å². The van der Waals surface area contributed by atoms with Crippen LogP contribution in [0.4, 0.5) is 11.4 Å². The first-order valence-electron chi connectivity index (χ1n) is 7.68. The van der Waals surface area contributed by atoms with E-state index in [1.165, 1.54) is 4.90 Å².